The minimum absolute atomic E-state index is 0.167. The number of halogens is 1. The highest BCUT2D eigenvalue weighted by molar-refractivity contribution is 5.78. The van der Waals surface area contributed by atoms with Crippen molar-refractivity contribution in [1.29, 1.82) is 0 Å². The van der Waals surface area contributed by atoms with Crippen LogP contribution >= 0.6 is 0 Å². The van der Waals surface area contributed by atoms with Gasteiger partial charge in [-0.1, -0.05) is 0 Å². The maximum Gasteiger partial charge on any atom is 0.236 e. The van der Waals surface area contributed by atoms with Gasteiger partial charge >= 0.3 is 0 Å². The van der Waals surface area contributed by atoms with Crippen LogP contribution in [0.15, 0.2) is 42.6 Å². The molecule has 2 aromatic rings. The highest BCUT2D eigenvalue weighted by Gasteiger charge is 2.28. The number of likely N-dealkylation sites (N-methyl/N-ethyl adjacent to an activating group) is 1. The summed E-state index contributed by atoms with van der Waals surface area (Å²) >= 11 is 0. The summed E-state index contributed by atoms with van der Waals surface area (Å²) in [5.41, 5.74) is 1.01. The maximum atomic E-state index is 13.1. The average Bonchev–Trinajstić information content (AvgIpc) is 3.23. The molecule has 1 atom stereocenters. The van der Waals surface area contributed by atoms with Gasteiger partial charge in [0.25, 0.3) is 0 Å². The lowest BCUT2D eigenvalue weighted by molar-refractivity contribution is -0.132. The quantitative estimate of drug-likeness (QED) is 0.722. The third kappa shape index (κ3) is 4.87. The fourth-order valence-electron chi connectivity index (χ4n) is 4.39. The van der Waals surface area contributed by atoms with Crippen molar-refractivity contribution < 1.29 is 9.18 Å². The maximum absolute atomic E-state index is 13.1. The Morgan fingerprint density at radius 3 is 2.60 bits per heavy atom. The zero-order valence-corrected chi connectivity index (χ0v) is 17.5. The summed E-state index contributed by atoms with van der Waals surface area (Å²) < 4.78 is 13.1. The Morgan fingerprint density at radius 1 is 1.13 bits per heavy atom. The minimum Gasteiger partial charge on any atom is -0.368 e. The van der Waals surface area contributed by atoms with Crippen LogP contribution in [0.5, 0.6) is 0 Å². The van der Waals surface area contributed by atoms with Crippen LogP contribution in [-0.2, 0) is 4.79 Å². The molecule has 2 aliphatic rings. The fraction of sp³-hybridized carbons (Fsp3) is 0.500. The number of hydrogen-bond donors (Lipinski definition) is 0. The van der Waals surface area contributed by atoms with Crippen molar-refractivity contribution in [2.45, 2.75) is 18.9 Å². The van der Waals surface area contributed by atoms with E-state index < -0.39 is 0 Å². The van der Waals surface area contributed by atoms with Crippen LogP contribution in [0.1, 0.15) is 12.8 Å². The van der Waals surface area contributed by atoms with Crippen molar-refractivity contribution in [3.63, 3.8) is 0 Å². The second kappa shape index (κ2) is 9.38. The molecule has 2 aliphatic heterocycles. The highest BCUT2D eigenvalue weighted by Crippen LogP contribution is 2.23. The number of amides is 1. The van der Waals surface area contributed by atoms with E-state index in [1.165, 1.54) is 12.1 Å². The molecule has 0 saturated carbocycles. The Hall–Kier alpha value is -2.74. The number of carbonyl (C=O) groups is 1. The molecular formula is C22H29FN6O. The van der Waals surface area contributed by atoms with Gasteiger partial charge in [-0.3, -0.25) is 9.69 Å². The van der Waals surface area contributed by atoms with Crippen LogP contribution in [0, 0.1) is 5.82 Å². The second-order valence-electron chi connectivity index (χ2n) is 8.11. The summed E-state index contributed by atoms with van der Waals surface area (Å²) in [6.45, 7) is 5.16. The SMILES string of the molecule is CN(CC(=O)N1CCN(c2ccc(F)cc2)CC1)CC1CCCN1c1cccnn1. The summed E-state index contributed by atoms with van der Waals surface area (Å²) in [7, 11) is 2.01. The van der Waals surface area contributed by atoms with E-state index in [4.69, 9.17) is 0 Å². The molecule has 0 spiro atoms. The molecule has 2 saturated heterocycles. The summed E-state index contributed by atoms with van der Waals surface area (Å²) in [5, 5.41) is 8.24. The number of anilines is 2. The van der Waals surface area contributed by atoms with Gasteiger partial charge in [0.05, 0.1) is 6.54 Å². The first kappa shape index (κ1) is 20.5. The summed E-state index contributed by atoms with van der Waals surface area (Å²) in [6.07, 6.45) is 3.93. The standard InChI is InChI=1S/C22H29FN6O/c1-26(16-20-4-3-11-29(20)21-5-2-10-24-25-21)17-22(30)28-14-12-27(13-15-28)19-8-6-18(23)7-9-19/h2,5-10,20H,3-4,11-17H2,1H3. The molecule has 1 aromatic heterocycles. The zero-order chi connectivity index (χ0) is 20.9. The topological polar surface area (TPSA) is 55.8 Å². The van der Waals surface area contributed by atoms with Gasteiger partial charge in [0, 0.05) is 57.2 Å². The molecule has 1 unspecified atom stereocenters. The highest BCUT2D eigenvalue weighted by atomic mass is 19.1. The summed E-state index contributed by atoms with van der Waals surface area (Å²) in [5.74, 6) is 0.854. The van der Waals surface area contributed by atoms with Crippen LogP contribution in [-0.4, -0.2) is 84.8 Å². The minimum atomic E-state index is -0.226. The van der Waals surface area contributed by atoms with Gasteiger partial charge in [-0.05, 0) is 56.3 Å². The van der Waals surface area contributed by atoms with Crippen LogP contribution in [0.3, 0.4) is 0 Å². The fourth-order valence-corrected chi connectivity index (χ4v) is 4.39. The largest absolute Gasteiger partial charge is 0.368 e. The van der Waals surface area contributed by atoms with E-state index in [9.17, 15) is 9.18 Å². The number of hydrogen-bond acceptors (Lipinski definition) is 6. The van der Waals surface area contributed by atoms with Crippen molar-refractivity contribution in [3.8, 4) is 0 Å². The van der Waals surface area contributed by atoms with Gasteiger partial charge in [0.1, 0.15) is 5.82 Å². The number of benzene rings is 1. The average molecular weight is 413 g/mol. The van der Waals surface area contributed by atoms with E-state index in [0.717, 1.165) is 50.5 Å². The number of rotatable bonds is 6. The molecular weight excluding hydrogens is 383 g/mol. The van der Waals surface area contributed by atoms with Gasteiger partial charge in [-0.15, -0.1) is 5.10 Å². The molecule has 0 aliphatic carbocycles. The van der Waals surface area contributed by atoms with Crippen LogP contribution in [0.2, 0.25) is 0 Å². The lowest BCUT2D eigenvalue weighted by Crippen LogP contribution is -2.51. The van der Waals surface area contributed by atoms with Crippen molar-refractivity contribution in [1.82, 2.24) is 20.0 Å². The third-order valence-corrected chi connectivity index (χ3v) is 5.98. The van der Waals surface area contributed by atoms with Crippen LogP contribution in [0.25, 0.3) is 0 Å². The molecule has 0 radical (unpaired) electrons. The molecule has 1 aromatic carbocycles. The monoisotopic (exact) mass is 412 g/mol. The molecule has 7 nitrogen and oxygen atoms in total. The Balaban J connectivity index is 1.25. The smallest absolute Gasteiger partial charge is 0.236 e. The van der Waals surface area contributed by atoms with E-state index >= 15 is 0 Å². The van der Waals surface area contributed by atoms with Crippen molar-refractivity contribution >= 4 is 17.4 Å². The van der Waals surface area contributed by atoms with E-state index in [0.29, 0.717) is 25.7 Å². The van der Waals surface area contributed by atoms with Gasteiger partial charge in [0.15, 0.2) is 5.82 Å². The Labute approximate surface area is 177 Å². The molecule has 1 amide bonds. The van der Waals surface area contributed by atoms with E-state index in [1.807, 2.05) is 24.1 Å². The van der Waals surface area contributed by atoms with E-state index in [2.05, 4.69) is 24.9 Å². The van der Waals surface area contributed by atoms with Gasteiger partial charge in [-0.2, -0.15) is 5.10 Å². The lowest BCUT2D eigenvalue weighted by atomic mass is 10.2. The molecule has 0 N–H and O–H groups in total. The zero-order valence-electron chi connectivity index (χ0n) is 17.5. The number of nitrogens with zero attached hydrogens (tertiary/aromatic N) is 6. The molecule has 30 heavy (non-hydrogen) atoms. The number of piperazine rings is 1. The molecule has 0 bridgehead atoms. The van der Waals surface area contributed by atoms with Crippen LogP contribution in [0.4, 0.5) is 15.9 Å². The normalized spacial score (nSPS) is 19.6. The predicted molar refractivity (Wildman–Crippen MR) is 115 cm³/mol. The summed E-state index contributed by atoms with van der Waals surface area (Å²) in [6, 6.07) is 10.8. The van der Waals surface area contributed by atoms with Crippen molar-refractivity contribution in [2.75, 3.05) is 62.7 Å². The molecule has 2 fully saturated rings. The first-order valence-electron chi connectivity index (χ1n) is 10.6. The second-order valence-corrected chi connectivity index (χ2v) is 8.11. The summed E-state index contributed by atoms with van der Waals surface area (Å²) in [4.78, 5) is 21.4. The lowest BCUT2D eigenvalue weighted by Gasteiger charge is -2.37. The Bertz CT molecular complexity index is 825. The van der Waals surface area contributed by atoms with Gasteiger partial charge in [-0.25, -0.2) is 4.39 Å². The van der Waals surface area contributed by atoms with Crippen molar-refractivity contribution in [3.05, 3.63) is 48.4 Å². The number of aromatic nitrogens is 2. The van der Waals surface area contributed by atoms with Crippen molar-refractivity contribution in [2.24, 2.45) is 0 Å². The van der Waals surface area contributed by atoms with Crippen LogP contribution < -0.4 is 9.80 Å². The number of carbonyl (C=O) groups excluding carboxylic acids is 1. The molecule has 4 rings (SSSR count). The first-order chi connectivity index (χ1) is 14.6. The molecule has 160 valence electrons. The molecule has 8 heteroatoms. The van der Waals surface area contributed by atoms with E-state index in [-0.39, 0.29) is 11.7 Å². The first-order valence-corrected chi connectivity index (χ1v) is 10.6. The molecule has 3 heterocycles. The third-order valence-electron chi connectivity index (χ3n) is 5.98. The van der Waals surface area contributed by atoms with Gasteiger partial charge in [0.2, 0.25) is 5.91 Å². The van der Waals surface area contributed by atoms with E-state index in [1.54, 1.807) is 18.3 Å². The predicted octanol–water partition coefficient (Wildman–Crippen LogP) is 1.87. The van der Waals surface area contributed by atoms with Gasteiger partial charge < -0.3 is 14.7 Å². The Morgan fingerprint density at radius 2 is 1.90 bits per heavy atom. The Kier molecular flexibility index (Phi) is 6.42.